The van der Waals surface area contributed by atoms with E-state index in [0.29, 0.717) is 5.69 Å². The van der Waals surface area contributed by atoms with Gasteiger partial charge >= 0.3 is 0 Å². The molecule has 0 atom stereocenters. The van der Waals surface area contributed by atoms with E-state index in [4.69, 9.17) is 0 Å². The van der Waals surface area contributed by atoms with E-state index in [-0.39, 0.29) is 13.1 Å². The van der Waals surface area contributed by atoms with E-state index < -0.39 is 14.2 Å². The SMILES string of the molecule is CC[N+](CC)(c1ccccc1)S(=O)(=O)[O-]. The molecule has 0 aliphatic heterocycles. The Labute approximate surface area is 90.6 Å². The summed E-state index contributed by atoms with van der Waals surface area (Å²) in [4.78, 5) is 0. The van der Waals surface area contributed by atoms with Gasteiger partial charge in [-0.3, -0.25) is 0 Å². The van der Waals surface area contributed by atoms with Crippen LogP contribution in [0.15, 0.2) is 30.3 Å². The van der Waals surface area contributed by atoms with Crippen molar-refractivity contribution in [2.24, 2.45) is 0 Å². The van der Waals surface area contributed by atoms with Crippen molar-refractivity contribution in [3.63, 3.8) is 0 Å². The number of rotatable bonds is 4. The van der Waals surface area contributed by atoms with Crippen LogP contribution in [0.5, 0.6) is 0 Å². The molecule has 1 aromatic rings. The lowest BCUT2D eigenvalue weighted by Gasteiger charge is -2.36. The van der Waals surface area contributed by atoms with Crippen molar-refractivity contribution in [1.82, 2.24) is 3.89 Å². The van der Waals surface area contributed by atoms with Crippen molar-refractivity contribution in [3.8, 4) is 0 Å². The van der Waals surface area contributed by atoms with E-state index in [1.807, 2.05) is 0 Å². The van der Waals surface area contributed by atoms with Crippen LogP contribution >= 0.6 is 0 Å². The summed E-state index contributed by atoms with van der Waals surface area (Å²) in [5, 5.41) is 0. The molecular weight excluding hydrogens is 214 g/mol. The maximum Gasteiger partial charge on any atom is 0.259 e. The molecule has 0 aromatic heterocycles. The molecule has 5 heteroatoms. The summed E-state index contributed by atoms with van der Waals surface area (Å²) in [6.45, 7) is 3.89. The van der Waals surface area contributed by atoms with Crippen LogP contribution in [0.1, 0.15) is 13.8 Å². The second-order valence-electron chi connectivity index (χ2n) is 3.29. The van der Waals surface area contributed by atoms with Gasteiger partial charge in [0.15, 0.2) is 0 Å². The third-order valence-corrected chi connectivity index (χ3v) is 4.26. The summed E-state index contributed by atoms with van der Waals surface area (Å²) in [5.41, 5.74) is 0.525. The van der Waals surface area contributed by atoms with E-state index >= 15 is 0 Å². The molecule has 0 aliphatic rings. The summed E-state index contributed by atoms with van der Waals surface area (Å²) in [6.07, 6.45) is 0. The predicted molar refractivity (Wildman–Crippen MR) is 59.0 cm³/mol. The summed E-state index contributed by atoms with van der Waals surface area (Å²) in [6, 6.07) is 8.60. The van der Waals surface area contributed by atoms with Crippen molar-refractivity contribution in [3.05, 3.63) is 30.3 Å². The zero-order chi connectivity index (χ0) is 11.5. The Morgan fingerprint density at radius 1 is 1.13 bits per heavy atom. The van der Waals surface area contributed by atoms with Crippen LogP contribution < -0.4 is 3.89 Å². The summed E-state index contributed by atoms with van der Waals surface area (Å²) < 4.78 is 33.5. The zero-order valence-electron chi connectivity index (χ0n) is 8.88. The normalized spacial score (nSPS) is 12.7. The fourth-order valence-corrected chi connectivity index (χ4v) is 2.75. The van der Waals surface area contributed by atoms with Gasteiger partial charge in [-0.25, -0.2) is 0 Å². The van der Waals surface area contributed by atoms with Crippen LogP contribution in [-0.2, 0) is 10.3 Å². The van der Waals surface area contributed by atoms with E-state index in [9.17, 15) is 13.0 Å². The summed E-state index contributed by atoms with van der Waals surface area (Å²) in [5.74, 6) is 0. The first-order valence-electron chi connectivity index (χ1n) is 4.86. The molecule has 1 aromatic carbocycles. The molecule has 0 heterocycles. The van der Waals surface area contributed by atoms with Gasteiger partial charge in [0.05, 0.1) is 13.1 Å². The first-order chi connectivity index (χ1) is 6.98. The lowest BCUT2D eigenvalue weighted by Crippen LogP contribution is -2.53. The number of benzene rings is 1. The monoisotopic (exact) mass is 229 g/mol. The Bertz CT molecular complexity index is 410. The fraction of sp³-hybridized carbons (Fsp3) is 0.400. The summed E-state index contributed by atoms with van der Waals surface area (Å²) in [7, 11) is -4.39. The van der Waals surface area contributed by atoms with Crippen molar-refractivity contribution in [2.45, 2.75) is 13.8 Å². The molecule has 0 bridgehead atoms. The van der Waals surface area contributed by atoms with Crippen LogP contribution in [0, 0.1) is 0 Å². The van der Waals surface area contributed by atoms with Gasteiger partial charge < -0.3 is 4.55 Å². The molecule has 0 radical (unpaired) electrons. The van der Waals surface area contributed by atoms with Crippen molar-refractivity contribution in [2.75, 3.05) is 13.1 Å². The minimum absolute atomic E-state index is 0.242. The van der Waals surface area contributed by atoms with Gasteiger partial charge in [-0.15, -0.1) is 0 Å². The second kappa shape index (κ2) is 4.30. The maximum atomic E-state index is 11.3. The number of hydrogen-bond donors (Lipinski definition) is 0. The molecule has 0 spiro atoms. The number of nitrogens with zero attached hydrogens (tertiary/aromatic N) is 1. The highest BCUT2D eigenvalue weighted by Gasteiger charge is 2.33. The van der Waals surface area contributed by atoms with Crippen LogP contribution in [-0.4, -0.2) is 26.1 Å². The molecule has 0 amide bonds. The molecule has 15 heavy (non-hydrogen) atoms. The molecule has 4 nitrogen and oxygen atoms in total. The zero-order valence-corrected chi connectivity index (χ0v) is 9.70. The Morgan fingerprint density at radius 2 is 1.60 bits per heavy atom. The van der Waals surface area contributed by atoms with Crippen molar-refractivity contribution < 1.29 is 13.0 Å². The van der Waals surface area contributed by atoms with Gasteiger partial charge in [0.25, 0.3) is 10.3 Å². The standard InChI is InChI=1S/C10H15NO3S/c1-3-11(4-2,15(12,13)14)10-8-6-5-7-9-10/h5-9H,3-4H2,1-2H3. The third-order valence-electron chi connectivity index (χ3n) is 2.68. The molecule has 0 N–H and O–H groups in total. The Hall–Kier alpha value is -0.910. The highest BCUT2D eigenvalue weighted by Crippen LogP contribution is 2.25. The molecule has 0 unspecified atom stereocenters. The minimum Gasteiger partial charge on any atom is -0.701 e. The molecule has 84 valence electrons. The quantitative estimate of drug-likeness (QED) is 0.580. The lowest BCUT2D eigenvalue weighted by molar-refractivity contribution is 0.356. The minimum atomic E-state index is -4.39. The maximum absolute atomic E-state index is 11.3. The molecule has 0 saturated heterocycles. The van der Waals surface area contributed by atoms with Crippen LogP contribution in [0.3, 0.4) is 0 Å². The van der Waals surface area contributed by atoms with E-state index in [1.54, 1.807) is 44.2 Å². The molecular formula is C10H15NO3S. The van der Waals surface area contributed by atoms with Crippen LogP contribution in [0.4, 0.5) is 5.69 Å². The number of para-hydroxylation sites is 1. The highest BCUT2D eigenvalue weighted by molar-refractivity contribution is 7.85. The fourth-order valence-electron chi connectivity index (χ4n) is 1.73. The van der Waals surface area contributed by atoms with Gasteiger partial charge in [-0.1, -0.05) is 18.2 Å². The first kappa shape index (κ1) is 12.2. The van der Waals surface area contributed by atoms with Gasteiger partial charge in [0, 0.05) is 12.1 Å². The van der Waals surface area contributed by atoms with Gasteiger partial charge in [0.1, 0.15) is 5.69 Å². The second-order valence-corrected chi connectivity index (χ2v) is 4.84. The van der Waals surface area contributed by atoms with E-state index in [0.717, 1.165) is 0 Å². The Kier molecular flexibility index (Phi) is 3.49. The average molecular weight is 229 g/mol. The Balaban J connectivity index is 3.37. The molecule has 0 fully saturated rings. The number of hydrogen-bond acceptors (Lipinski definition) is 3. The molecule has 0 saturated carbocycles. The average Bonchev–Trinajstić information content (AvgIpc) is 2.20. The first-order valence-corrected chi connectivity index (χ1v) is 6.23. The number of quaternary nitrogens is 1. The summed E-state index contributed by atoms with van der Waals surface area (Å²) >= 11 is 0. The Morgan fingerprint density at radius 3 is 1.93 bits per heavy atom. The highest BCUT2D eigenvalue weighted by atomic mass is 32.2. The van der Waals surface area contributed by atoms with E-state index in [1.165, 1.54) is 0 Å². The van der Waals surface area contributed by atoms with Crippen molar-refractivity contribution in [1.29, 1.82) is 0 Å². The molecule has 0 aliphatic carbocycles. The molecule has 1 rings (SSSR count). The van der Waals surface area contributed by atoms with Gasteiger partial charge in [-0.2, -0.15) is 12.3 Å². The van der Waals surface area contributed by atoms with Gasteiger partial charge in [0.2, 0.25) is 0 Å². The van der Waals surface area contributed by atoms with E-state index in [2.05, 4.69) is 0 Å². The van der Waals surface area contributed by atoms with Crippen molar-refractivity contribution >= 4 is 16.0 Å². The predicted octanol–water partition coefficient (Wildman–Crippen LogP) is 1.49. The van der Waals surface area contributed by atoms with Gasteiger partial charge in [-0.05, 0) is 13.8 Å². The smallest absolute Gasteiger partial charge is 0.259 e. The van der Waals surface area contributed by atoms with Crippen LogP contribution in [0.2, 0.25) is 0 Å². The topological polar surface area (TPSA) is 57.2 Å². The third kappa shape index (κ3) is 2.04. The lowest BCUT2D eigenvalue weighted by atomic mass is 10.3. The van der Waals surface area contributed by atoms with Crippen LogP contribution in [0.25, 0.3) is 0 Å². The largest absolute Gasteiger partial charge is 0.701 e.